The largest absolute Gasteiger partial charge is 0.508 e. The first-order chi connectivity index (χ1) is 13.7. The predicted molar refractivity (Wildman–Crippen MR) is 106 cm³/mol. The Labute approximate surface area is 166 Å². The zero-order valence-electron chi connectivity index (χ0n) is 16.0. The molecule has 1 unspecified atom stereocenters. The van der Waals surface area contributed by atoms with Crippen molar-refractivity contribution >= 4 is 17.6 Å². The quantitative estimate of drug-likeness (QED) is 0.334. The highest BCUT2D eigenvalue weighted by Gasteiger charge is 2.30. The van der Waals surface area contributed by atoms with E-state index in [1.807, 2.05) is 6.92 Å². The number of alkyl halides is 3. The van der Waals surface area contributed by atoms with Crippen LogP contribution in [-0.4, -0.2) is 30.1 Å². The van der Waals surface area contributed by atoms with Crippen LogP contribution in [0.2, 0.25) is 0 Å². The van der Waals surface area contributed by atoms with Gasteiger partial charge < -0.3 is 21.1 Å². The molecular formula is C20H23F3N4O2. The molecule has 0 heterocycles. The zero-order chi connectivity index (χ0) is 21.4. The first kappa shape index (κ1) is 22.1. The van der Waals surface area contributed by atoms with Crippen LogP contribution in [0.25, 0.3) is 0 Å². The van der Waals surface area contributed by atoms with Crippen molar-refractivity contribution in [2.45, 2.75) is 26.1 Å². The molecule has 2 aromatic rings. The summed E-state index contributed by atoms with van der Waals surface area (Å²) in [6.07, 6.45) is -4.42. The summed E-state index contributed by atoms with van der Waals surface area (Å²) < 4.78 is 38.7. The second-order valence-electron chi connectivity index (χ2n) is 6.28. The molecule has 0 fully saturated rings. The van der Waals surface area contributed by atoms with E-state index in [4.69, 9.17) is 0 Å². The summed E-state index contributed by atoms with van der Waals surface area (Å²) in [6.45, 7) is 3.87. The fourth-order valence-corrected chi connectivity index (χ4v) is 2.49. The molecule has 0 spiro atoms. The van der Waals surface area contributed by atoms with Crippen LogP contribution in [0.3, 0.4) is 0 Å². The molecule has 2 rings (SSSR count). The Morgan fingerprint density at radius 3 is 2.48 bits per heavy atom. The van der Waals surface area contributed by atoms with Gasteiger partial charge in [-0.05, 0) is 55.8 Å². The lowest BCUT2D eigenvalue weighted by molar-refractivity contribution is -0.137. The molecule has 29 heavy (non-hydrogen) atoms. The third-order valence-corrected chi connectivity index (χ3v) is 3.94. The van der Waals surface area contributed by atoms with E-state index in [9.17, 15) is 23.1 Å². The maximum Gasteiger partial charge on any atom is 0.416 e. The molecule has 0 saturated heterocycles. The molecule has 6 nitrogen and oxygen atoms in total. The number of amides is 1. The van der Waals surface area contributed by atoms with Crippen LogP contribution < -0.4 is 16.0 Å². The monoisotopic (exact) mass is 408 g/mol. The number of aliphatic imine (C=N–C) groups is 1. The minimum Gasteiger partial charge on any atom is -0.508 e. The molecule has 156 valence electrons. The number of aromatic hydroxyl groups is 1. The normalized spacial score (nSPS) is 12.9. The van der Waals surface area contributed by atoms with E-state index in [1.54, 1.807) is 25.1 Å². The summed E-state index contributed by atoms with van der Waals surface area (Å²) in [7, 11) is 0. The lowest BCUT2D eigenvalue weighted by Gasteiger charge is -2.19. The number of anilines is 1. The number of phenols is 1. The average Bonchev–Trinajstić information content (AvgIpc) is 2.67. The summed E-state index contributed by atoms with van der Waals surface area (Å²) in [5.41, 5.74) is 0.233. The Morgan fingerprint density at radius 2 is 1.86 bits per heavy atom. The second-order valence-corrected chi connectivity index (χ2v) is 6.28. The van der Waals surface area contributed by atoms with Crippen LogP contribution in [0.4, 0.5) is 18.9 Å². The van der Waals surface area contributed by atoms with Gasteiger partial charge in [-0.3, -0.25) is 4.79 Å². The van der Waals surface area contributed by atoms with Crippen molar-refractivity contribution in [1.82, 2.24) is 10.6 Å². The standard InChI is InChI=1S/C20H23F3N4O2/c1-3-24-19(25-12-18(29)27-16-7-9-17(28)10-8-16)26-13(2)14-5-4-6-15(11-14)20(21,22)23/h4-11,13,28H,3,12H2,1-2H3,(H,27,29)(H2,24,25,26). The third-order valence-electron chi connectivity index (χ3n) is 3.94. The van der Waals surface area contributed by atoms with Crippen molar-refractivity contribution in [2.24, 2.45) is 4.99 Å². The summed E-state index contributed by atoms with van der Waals surface area (Å²) in [5, 5.41) is 17.8. The van der Waals surface area contributed by atoms with Gasteiger partial charge in [0.1, 0.15) is 12.3 Å². The van der Waals surface area contributed by atoms with Gasteiger partial charge in [0.2, 0.25) is 5.91 Å². The van der Waals surface area contributed by atoms with Crippen LogP contribution in [0.15, 0.2) is 53.5 Å². The van der Waals surface area contributed by atoms with E-state index in [0.717, 1.165) is 12.1 Å². The number of halogens is 3. The van der Waals surface area contributed by atoms with E-state index >= 15 is 0 Å². The fraction of sp³-hybridized carbons (Fsp3) is 0.300. The zero-order valence-corrected chi connectivity index (χ0v) is 16.0. The average molecular weight is 408 g/mol. The van der Waals surface area contributed by atoms with Crippen molar-refractivity contribution in [3.05, 3.63) is 59.7 Å². The molecule has 0 aromatic heterocycles. The third kappa shape index (κ3) is 7.02. The molecule has 0 bridgehead atoms. The minimum atomic E-state index is -4.42. The van der Waals surface area contributed by atoms with Crippen LogP contribution >= 0.6 is 0 Å². The second kappa shape index (κ2) is 9.81. The number of nitrogens with one attached hydrogen (secondary N) is 3. The topological polar surface area (TPSA) is 85.8 Å². The number of carbonyl (C=O) groups excluding carboxylic acids is 1. The van der Waals surface area contributed by atoms with Gasteiger partial charge in [0.05, 0.1) is 11.6 Å². The van der Waals surface area contributed by atoms with Gasteiger partial charge in [0, 0.05) is 12.2 Å². The first-order valence-electron chi connectivity index (χ1n) is 9.00. The highest BCUT2D eigenvalue weighted by atomic mass is 19.4. The molecule has 0 aliphatic heterocycles. The Kier molecular flexibility index (Phi) is 7.46. The number of nitrogens with zero attached hydrogens (tertiary/aromatic N) is 1. The van der Waals surface area contributed by atoms with Crippen molar-refractivity contribution in [2.75, 3.05) is 18.4 Å². The van der Waals surface area contributed by atoms with E-state index in [-0.39, 0.29) is 18.2 Å². The molecular weight excluding hydrogens is 385 g/mol. The fourth-order valence-electron chi connectivity index (χ4n) is 2.49. The molecule has 0 radical (unpaired) electrons. The van der Waals surface area contributed by atoms with E-state index in [2.05, 4.69) is 20.9 Å². The first-order valence-corrected chi connectivity index (χ1v) is 9.00. The lowest BCUT2D eigenvalue weighted by atomic mass is 10.1. The van der Waals surface area contributed by atoms with Gasteiger partial charge in [-0.15, -0.1) is 0 Å². The van der Waals surface area contributed by atoms with E-state index in [1.165, 1.54) is 18.2 Å². The summed E-state index contributed by atoms with van der Waals surface area (Å²) in [6, 6.07) is 10.6. The summed E-state index contributed by atoms with van der Waals surface area (Å²) in [5.74, 6) is 0.0149. The van der Waals surface area contributed by atoms with E-state index in [0.29, 0.717) is 23.8 Å². The van der Waals surface area contributed by atoms with Gasteiger partial charge >= 0.3 is 6.18 Å². The number of hydrogen-bond donors (Lipinski definition) is 4. The maximum absolute atomic E-state index is 12.9. The summed E-state index contributed by atoms with van der Waals surface area (Å²) >= 11 is 0. The van der Waals surface area contributed by atoms with Crippen LogP contribution in [0, 0.1) is 0 Å². The number of carbonyl (C=O) groups is 1. The molecule has 1 amide bonds. The van der Waals surface area contributed by atoms with Gasteiger partial charge in [-0.1, -0.05) is 12.1 Å². The van der Waals surface area contributed by atoms with Crippen LogP contribution in [0.5, 0.6) is 5.75 Å². The molecule has 1 atom stereocenters. The smallest absolute Gasteiger partial charge is 0.416 e. The van der Waals surface area contributed by atoms with Gasteiger partial charge in [0.25, 0.3) is 0 Å². The van der Waals surface area contributed by atoms with Crippen LogP contribution in [0.1, 0.15) is 31.0 Å². The molecule has 4 N–H and O–H groups in total. The summed E-state index contributed by atoms with van der Waals surface area (Å²) in [4.78, 5) is 16.2. The number of hydrogen-bond acceptors (Lipinski definition) is 3. The Balaban J connectivity index is 2.02. The van der Waals surface area contributed by atoms with E-state index < -0.39 is 17.8 Å². The maximum atomic E-state index is 12.9. The van der Waals surface area contributed by atoms with Crippen molar-refractivity contribution < 1.29 is 23.1 Å². The Bertz CT molecular complexity index is 852. The number of phenolic OH excluding ortho intramolecular Hbond substituents is 1. The minimum absolute atomic E-state index is 0.0863. The lowest BCUT2D eigenvalue weighted by Crippen LogP contribution is -2.39. The molecule has 0 saturated carbocycles. The molecule has 0 aliphatic rings. The number of guanidine groups is 1. The molecule has 2 aromatic carbocycles. The predicted octanol–water partition coefficient (Wildman–Crippen LogP) is 3.67. The number of rotatable bonds is 6. The molecule has 9 heteroatoms. The van der Waals surface area contributed by atoms with Gasteiger partial charge in [0.15, 0.2) is 5.96 Å². The Hall–Kier alpha value is -3.23. The SMILES string of the molecule is CCNC(=NCC(=O)Nc1ccc(O)cc1)NC(C)c1cccc(C(F)(F)F)c1. The van der Waals surface area contributed by atoms with Crippen molar-refractivity contribution in [3.63, 3.8) is 0 Å². The molecule has 0 aliphatic carbocycles. The highest BCUT2D eigenvalue weighted by molar-refractivity contribution is 5.94. The van der Waals surface area contributed by atoms with Crippen molar-refractivity contribution in [1.29, 1.82) is 0 Å². The van der Waals surface area contributed by atoms with Gasteiger partial charge in [-0.25, -0.2) is 4.99 Å². The highest BCUT2D eigenvalue weighted by Crippen LogP contribution is 2.30. The van der Waals surface area contributed by atoms with Gasteiger partial charge in [-0.2, -0.15) is 13.2 Å². The Morgan fingerprint density at radius 1 is 1.17 bits per heavy atom. The van der Waals surface area contributed by atoms with Crippen molar-refractivity contribution in [3.8, 4) is 5.75 Å². The number of benzene rings is 2. The van der Waals surface area contributed by atoms with Crippen LogP contribution in [-0.2, 0) is 11.0 Å².